The number of ether oxygens (including phenoxy) is 1. The molecule has 8 heteroatoms. The Kier molecular flexibility index (Phi) is 10.6. The van der Waals surface area contributed by atoms with Crippen LogP contribution < -0.4 is 15.4 Å². The number of nitrogens with zero attached hydrogens (tertiary/aromatic N) is 4. The number of aliphatic imine (C=N–C) groups is 1. The monoisotopic (exact) mass is 540 g/mol. The van der Waals surface area contributed by atoms with Crippen molar-refractivity contribution in [1.29, 1.82) is 0 Å². The van der Waals surface area contributed by atoms with Gasteiger partial charge in [0.1, 0.15) is 11.6 Å². The molecule has 1 atom stereocenters. The van der Waals surface area contributed by atoms with Gasteiger partial charge in [-0.1, -0.05) is 32.9 Å². The summed E-state index contributed by atoms with van der Waals surface area (Å²) in [5.41, 5.74) is 1.24. The predicted octanol–water partition coefficient (Wildman–Crippen LogP) is 3.92. The van der Waals surface area contributed by atoms with Gasteiger partial charge in [0.2, 0.25) is 0 Å². The summed E-state index contributed by atoms with van der Waals surface area (Å²) in [5.74, 6) is 4.21. The van der Waals surface area contributed by atoms with Gasteiger partial charge >= 0.3 is 0 Å². The van der Waals surface area contributed by atoms with E-state index in [2.05, 4.69) is 71.3 Å². The molecule has 1 aromatic carbocycles. The van der Waals surface area contributed by atoms with Gasteiger partial charge in [0.15, 0.2) is 11.8 Å². The maximum atomic E-state index is 5.73. The van der Waals surface area contributed by atoms with Crippen molar-refractivity contribution in [2.45, 2.75) is 71.9 Å². The molecule has 0 bridgehead atoms. The molecule has 0 saturated carbocycles. The highest BCUT2D eigenvalue weighted by Crippen LogP contribution is 2.17. The van der Waals surface area contributed by atoms with Gasteiger partial charge in [-0.05, 0) is 43.9 Å². The third kappa shape index (κ3) is 7.66. The maximum Gasteiger partial charge on any atom is 0.191 e. The second-order valence-electron chi connectivity index (χ2n) is 8.11. The SMILES string of the molecule is CCCOc1cccc(CCN=C(NCC)NC2CCc3nc(C(C)C)nn3C2)c1.I. The van der Waals surface area contributed by atoms with Gasteiger partial charge in [0, 0.05) is 31.5 Å². The minimum Gasteiger partial charge on any atom is -0.494 e. The summed E-state index contributed by atoms with van der Waals surface area (Å²) in [6, 6.07) is 8.62. The molecule has 3 rings (SSSR count). The summed E-state index contributed by atoms with van der Waals surface area (Å²) in [7, 11) is 0. The van der Waals surface area contributed by atoms with Gasteiger partial charge in [0.25, 0.3) is 0 Å². The predicted molar refractivity (Wildman–Crippen MR) is 137 cm³/mol. The molecule has 0 amide bonds. The highest BCUT2D eigenvalue weighted by molar-refractivity contribution is 14.0. The van der Waals surface area contributed by atoms with Crippen LogP contribution in [0.1, 0.15) is 63.7 Å². The van der Waals surface area contributed by atoms with Crippen molar-refractivity contribution < 1.29 is 4.74 Å². The van der Waals surface area contributed by atoms with Gasteiger partial charge in [-0.3, -0.25) is 4.99 Å². The van der Waals surface area contributed by atoms with Crippen LogP contribution in [0.5, 0.6) is 5.75 Å². The average molecular weight is 540 g/mol. The molecule has 0 saturated heterocycles. The minimum absolute atomic E-state index is 0. The lowest BCUT2D eigenvalue weighted by Crippen LogP contribution is -2.47. The van der Waals surface area contributed by atoms with Crippen molar-refractivity contribution in [3.05, 3.63) is 41.5 Å². The minimum atomic E-state index is 0. The van der Waals surface area contributed by atoms with Crippen molar-refractivity contribution in [3.63, 3.8) is 0 Å². The largest absolute Gasteiger partial charge is 0.494 e. The Morgan fingerprint density at radius 1 is 1.32 bits per heavy atom. The smallest absolute Gasteiger partial charge is 0.191 e. The summed E-state index contributed by atoms with van der Waals surface area (Å²) in [4.78, 5) is 9.47. The van der Waals surface area contributed by atoms with Crippen molar-refractivity contribution in [2.75, 3.05) is 19.7 Å². The molecule has 2 heterocycles. The van der Waals surface area contributed by atoms with Crippen LogP contribution in [0.4, 0.5) is 0 Å². The lowest BCUT2D eigenvalue weighted by atomic mass is 10.1. The highest BCUT2D eigenvalue weighted by Gasteiger charge is 2.23. The Bertz CT molecular complexity index is 835. The van der Waals surface area contributed by atoms with Crippen LogP contribution in [-0.2, 0) is 19.4 Å². The van der Waals surface area contributed by atoms with Crippen molar-refractivity contribution in [2.24, 2.45) is 4.99 Å². The number of hydrogen-bond donors (Lipinski definition) is 2. The van der Waals surface area contributed by atoms with Crippen LogP contribution in [0.2, 0.25) is 0 Å². The molecule has 2 N–H and O–H groups in total. The molecular formula is C23H37IN6O. The normalized spacial score (nSPS) is 15.9. The lowest BCUT2D eigenvalue weighted by molar-refractivity contribution is 0.317. The molecule has 0 spiro atoms. The Hall–Kier alpha value is -1.84. The lowest BCUT2D eigenvalue weighted by Gasteiger charge is -2.25. The van der Waals surface area contributed by atoms with Crippen LogP contribution in [0.3, 0.4) is 0 Å². The topological polar surface area (TPSA) is 76.4 Å². The third-order valence-corrected chi connectivity index (χ3v) is 5.12. The quantitative estimate of drug-likeness (QED) is 0.287. The number of hydrogen-bond acceptors (Lipinski definition) is 4. The van der Waals surface area contributed by atoms with Crippen molar-refractivity contribution >= 4 is 29.9 Å². The van der Waals surface area contributed by atoms with Crippen molar-refractivity contribution in [3.8, 4) is 5.75 Å². The zero-order valence-corrected chi connectivity index (χ0v) is 21.6. The molecule has 0 fully saturated rings. The van der Waals surface area contributed by atoms with Gasteiger partial charge in [-0.25, -0.2) is 9.67 Å². The Balaban J connectivity index is 0.00000341. The summed E-state index contributed by atoms with van der Waals surface area (Å²) in [5, 5.41) is 11.6. The first kappa shape index (κ1) is 25.4. The maximum absolute atomic E-state index is 5.73. The second-order valence-corrected chi connectivity index (χ2v) is 8.11. The average Bonchev–Trinajstić information content (AvgIpc) is 3.16. The molecule has 1 unspecified atom stereocenters. The number of fused-ring (bicyclic) bond motifs is 1. The number of benzene rings is 1. The zero-order chi connectivity index (χ0) is 21.3. The zero-order valence-electron chi connectivity index (χ0n) is 19.2. The summed E-state index contributed by atoms with van der Waals surface area (Å²) >= 11 is 0. The van der Waals surface area contributed by atoms with E-state index >= 15 is 0 Å². The number of aromatic nitrogens is 3. The first-order valence-electron chi connectivity index (χ1n) is 11.3. The van der Waals surface area contributed by atoms with Gasteiger partial charge in [-0.2, -0.15) is 5.10 Å². The van der Waals surface area contributed by atoms with Crippen LogP contribution in [0, 0.1) is 0 Å². The van der Waals surface area contributed by atoms with Gasteiger partial charge in [0.05, 0.1) is 13.2 Å². The van der Waals surface area contributed by atoms with E-state index in [4.69, 9.17) is 9.73 Å². The van der Waals surface area contributed by atoms with E-state index < -0.39 is 0 Å². The molecule has 31 heavy (non-hydrogen) atoms. The first-order chi connectivity index (χ1) is 14.6. The molecule has 1 aromatic heterocycles. The Labute approximate surface area is 203 Å². The van der Waals surface area contributed by atoms with Crippen LogP contribution >= 0.6 is 24.0 Å². The first-order valence-corrected chi connectivity index (χ1v) is 11.3. The highest BCUT2D eigenvalue weighted by atomic mass is 127. The van der Waals surface area contributed by atoms with Crippen molar-refractivity contribution in [1.82, 2.24) is 25.4 Å². The number of aryl methyl sites for hydroxylation is 1. The Morgan fingerprint density at radius 3 is 2.90 bits per heavy atom. The van der Waals surface area contributed by atoms with E-state index in [1.165, 1.54) is 5.56 Å². The summed E-state index contributed by atoms with van der Waals surface area (Å²) in [6.07, 6.45) is 3.89. The standard InChI is InChI=1S/C23H36N6O.HI/c1-5-14-30-20-9-7-8-18(15-20)12-13-25-23(24-6-2)26-19-10-11-21-27-22(17(3)4)28-29(21)16-19;/h7-9,15,17,19H,5-6,10-14,16H2,1-4H3,(H2,24,25,26);1H. The summed E-state index contributed by atoms with van der Waals surface area (Å²) in [6.45, 7) is 11.6. The molecule has 0 radical (unpaired) electrons. The molecule has 0 aliphatic carbocycles. The molecule has 1 aliphatic heterocycles. The number of nitrogens with one attached hydrogen (secondary N) is 2. The number of guanidine groups is 1. The van der Waals surface area contributed by atoms with E-state index in [9.17, 15) is 0 Å². The Morgan fingerprint density at radius 2 is 2.16 bits per heavy atom. The molecule has 2 aromatic rings. The third-order valence-electron chi connectivity index (χ3n) is 5.12. The van der Waals surface area contributed by atoms with Crippen LogP contribution in [-0.4, -0.2) is 46.5 Å². The van der Waals surface area contributed by atoms with E-state index in [1.807, 2.05) is 6.07 Å². The van der Waals surface area contributed by atoms with E-state index in [0.29, 0.717) is 12.0 Å². The molecule has 172 valence electrons. The fourth-order valence-corrected chi connectivity index (χ4v) is 3.51. The fourth-order valence-electron chi connectivity index (χ4n) is 3.51. The van der Waals surface area contributed by atoms with Crippen LogP contribution in [0.15, 0.2) is 29.3 Å². The summed E-state index contributed by atoms with van der Waals surface area (Å²) < 4.78 is 7.79. The second kappa shape index (κ2) is 12.9. The van der Waals surface area contributed by atoms with E-state index in [1.54, 1.807) is 0 Å². The molecule has 7 nitrogen and oxygen atoms in total. The number of halogens is 1. The van der Waals surface area contributed by atoms with E-state index in [0.717, 1.165) is 75.3 Å². The number of rotatable bonds is 9. The van der Waals surface area contributed by atoms with Gasteiger partial charge < -0.3 is 15.4 Å². The molecule has 1 aliphatic rings. The van der Waals surface area contributed by atoms with E-state index in [-0.39, 0.29) is 24.0 Å². The van der Waals surface area contributed by atoms with Gasteiger partial charge in [-0.15, -0.1) is 24.0 Å². The van der Waals surface area contributed by atoms with Crippen LogP contribution in [0.25, 0.3) is 0 Å². The fraction of sp³-hybridized carbons (Fsp3) is 0.609. The molecular weight excluding hydrogens is 503 g/mol.